The minimum absolute atomic E-state index is 0. The largest absolute Gasteiger partial charge is 0.493 e. The predicted octanol–water partition coefficient (Wildman–Crippen LogP) is 2.67. The molecule has 1 aromatic heterocycles. The van der Waals surface area contributed by atoms with Gasteiger partial charge in [-0.25, -0.2) is 4.99 Å². The maximum Gasteiger partial charge on any atom is 0.188 e. The molecule has 2 aromatic rings. The van der Waals surface area contributed by atoms with Gasteiger partial charge in [0.15, 0.2) is 17.5 Å². The molecule has 25 heavy (non-hydrogen) atoms. The van der Waals surface area contributed by atoms with Gasteiger partial charge in [-0.2, -0.15) is 0 Å². The molecule has 2 rings (SSSR count). The van der Waals surface area contributed by atoms with Gasteiger partial charge in [0.05, 0.1) is 20.8 Å². The summed E-state index contributed by atoms with van der Waals surface area (Å²) in [5.74, 6) is 1.80. The molecule has 7 heteroatoms. The van der Waals surface area contributed by atoms with Gasteiger partial charge in [-0.05, 0) is 42.7 Å². The first kappa shape index (κ1) is 21.0. The van der Waals surface area contributed by atoms with Gasteiger partial charge in [-0.15, -0.1) is 24.0 Å². The number of rotatable bonds is 7. The number of methoxy groups -OCH3 is 2. The van der Waals surface area contributed by atoms with Gasteiger partial charge in [0.25, 0.3) is 0 Å². The molecular formula is C18H25IN4O2. The maximum absolute atomic E-state index is 5.90. The number of benzene rings is 1. The summed E-state index contributed by atoms with van der Waals surface area (Å²) in [5.41, 5.74) is 9.09. The smallest absolute Gasteiger partial charge is 0.188 e. The Bertz CT molecular complexity index is 690. The summed E-state index contributed by atoms with van der Waals surface area (Å²) in [6, 6.07) is 9.77. The summed E-state index contributed by atoms with van der Waals surface area (Å²) < 4.78 is 10.5. The quantitative estimate of drug-likeness (QED) is 0.381. The lowest BCUT2D eigenvalue weighted by atomic mass is 10.2. The average molecular weight is 456 g/mol. The van der Waals surface area contributed by atoms with Crippen molar-refractivity contribution in [2.75, 3.05) is 20.8 Å². The van der Waals surface area contributed by atoms with Crippen LogP contribution in [0.3, 0.4) is 0 Å². The first-order valence-electron chi connectivity index (χ1n) is 7.78. The van der Waals surface area contributed by atoms with Gasteiger partial charge in [0.2, 0.25) is 0 Å². The zero-order valence-electron chi connectivity index (χ0n) is 14.8. The highest BCUT2D eigenvalue weighted by atomic mass is 127. The first-order valence-corrected chi connectivity index (χ1v) is 7.78. The lowest BCUT2D eigenvalue weighted by Crippen LogP contribution is -2.33. The molecule has 1 aromatic carbocycles. The van der Waals surface area contributed by atoms with E-state index in [1.165, 1.54) is 5.56 Å². The minimum Gasteiger partial charge on any atom is -0.493 e. The van der Waals surface area contributed by atoms with Crippen LogP contribution in [0.1, 0.15) is 16.8 Å². The number of ether oxygens (including phenoxy) is 2. The maximum atomic E-state index is 5.90. The highest BCUT2D eigenvalue weighted by Gasteiger charge is 2.04. The second kappa shape index (κ2) is 10.8. The second-order valence-electron chi connectivity index (χ2n) is 5.38. The fourth-order valence-electron chi connectivity index (χ4n) is 2.19. The fourth-order valence-corrected chi connectivity index (χ4v) is 2.19. The van der Waals surface area contributed by atoms with Gasteiger partial charge in [-0.3, -0.25) is 4.98 Å². The van der Waals surface area contributed by atoms with Crippen LogP contribution in [0.15, 0.2) is 41.5 Å². The summed E-state index contributed by atoms with van der Waals surface area (Å²) in [5, 5.41) is 3.11. The Hall–Kier alpha value is -2.03. The summed E-state index contributed by atoms with van der Waals surface area (Å²) in [7, 11) is 3.22. The number of nitrogens with two attached hydrogens (primary N) is 1. The SMILES string of the molecule is COc1ccc(CN=C(N)NCCc2ccc(C)nc2)cc1OC.I. The molecule has 0 aliphatic rings. The van der Waals surface area contributed by atoms with E-state index in [-0.39, 0.29) is 24.0 Å². The van der Waals surface area contributed by atoms with Crippen molar-refractivity contribution in [1.82, 2.24) is 10.3 Å². The van der Waals surface area contributed by atoms with E-state index in [1.807, 2.05) is 37.4 Å². The van der Waals surface area contributed by atoms with Crippen LogP contribution in [-0.2, 0) is 13.0 Å². The summed E-state index contributed by atoms with van der Waals surface area (Å²) in [4.78, 5) is 8.61. The third kappa shape index (κ3) is 6.77. The Morgan fingerprint density at radius 2 is 1.84 bits per heavy atom. The van der Waals surface area contributed by atoms with E-state index in [1.54, 1.807) is 14.2 Å². The Morgan fingerprint density at radius 3 is 2.48 bits per heavy atom. The standard InChI is InChI=1S/C18H24N4O2.HI/c1-13-4-5-14(11-21-13)8-9-20-18(19)22-12-15-6-7-16(23-2)17(10-15)24-3;/h4-7,10-11H,8-9,12H2,1-3H3,(H3,19,20,22);1H. The molecular weight excluding hydrogens is 431 g/mol. The Balaban J connectivity index is 0.00000312. The Kier molecular flexibility index (Phi) is 9.04. The molecule has 0 saturated heterocycles. The molecule has 3 N–H and O–H groups in total. The topological polar surface area (TPSA) is 81.8 Å². The lowest BCUT2D eigenvalue weighted by Gasteiger charge is -2.09. The van der Waals surface area contributed by atoms with Crippen molar-refractivity contribution in [2.24, 2.45) is 10.7 Å². The zero-order chi connectivity index (χ0) is 17.4. The predicted molar refractivity (Wildman–Crippen MR) is 111 cm³/mol. The Morgan fingerprint density at radius 1 is 1.12 bits per heavy atom. The van der Waals surface area contributed by atoms with Crippen LogP contribution in [0.25, 0.3) is 0 Å². The normalized spacial score (nSPS) is 10.8. The van der Waals surface area contributed by atoms with E-state index >= 15 is 0 Å². The molecule has 0 spiro atoms. The number of guanidine groups is 1. The summed E-state index contributed by atoms with van der Waals surface area (Å²) >= 11 is 0. The average Bonchev–Trinajstić information content (AvgIpc) is 2.61. The molecule has 1 heterocycles. The number of hydrogen-bond acceptors (Lipinski definition) is 4. The number of nitrogens with one attached hydrogen (secondary N) is 1. The van der Waals surface area contributed by atoms with Crippen LogP contribution >= 0.6 is 24.0 Å². The molecule has 6 nitrogen and oxygen atoms in total. The number of nitrogens with zero attached hydrogens (tertiary/aromatic N) is 2. The van der Waals surface area contributed by atoms with Crippen LogP contribution in [0, 0.1) is 6.92 Å². The van der Waals surface area contributed by atoms with Gasteiger partial charge >= 0.3 is 0 Å². The van der Waals surface area contributed by atoms with Crippen LogP contribution in [0.2, 0.25) is 0 Å². The van der Waals surface area contributed by atoms with Crippen molar-refractivity contribution in [3.63, 3.8) is 0 Å². The molecule has 0 unspecified atom stereocenters. The number of aromatic nitrogens is 1. The molecule has 0 amide bonds. The molecule has 0 fully saturated rings. The second-order valence-corrected chi connectivity index (χ2v) is 5.38. The number of aryl methyl sites for hydroxylation is 1. The Labute approximate surface area is 165 Å². The zero-order valence-corrected chi connectivity index (χ0v) is 17.1. The molecule has 0 aliphatic carbocycles. The molecule has 136 valence electrons. The van der Waals surface area contributed by atoms with E-state index in [4.69, 9.17) is 15.2 Å². The van der Waals surface area contributed by atoms with E-state index in [9.17, 15) is 0 Å². The molecule has 0 bridgehead atoms. The van der Waals surface area contributed by atoms with Gasteiger partial charge in [-0.1, -0.05) is 12.1 Å². The molecule has 0 atom stereocenters. The van der Waals surface area contributed by atoms with E-state index < -0.39 is 0 Å². The highest BCUT2D eigenvalue weighted by molar-refractivity contribution is 14.0. The van der Waals surface area contributed by atoms with Crippen LogP contribution in [0.5, 0.6) is 11.5 Å². The number of pyridine rings is 1. The van der Waals surface area contributed by atoms with Gasteiger partial charge in [0, 0.05) is 18.4 Å². The minimum atomic E-state index is 0. The van der Waals surface area contributed by atoms with Crippen LogP contribution in [0.4, 0.5) is 0 Å². The first-order chi connectivity index (χ1) is 11.6. The number of aliphatic imine (C=N–C) groups is 1. The molecule has 0 aliphatic heterocycles. The van der Waals surface area contributed by atoms with Crippen LogP contribution < -0.4 is 20.5 Å². The van der Waals surface area contributed by atoms with Crippen LogP contribution in [-0.4, -0.2) is 31.7 Å². The summed E-state index contributed by atoms with van der Waals surface area (Å²) in [6.07, 6.45) is 2.73. The highest BCUT2D eigenvalue weighted by Crippen LogP contribution is 2.27. The van der Waals surface area contributed by atoms with Crippen molar-refractivity contribution >= 4 is 29.9 Å². The molecule has 0 saturated carbocycles. The van der Waals surface area contributed by atoms with E-state index in [0.29, 0.717) is 30.5 Å². The van der Waals surface area contributed by atoms with Gasteiger partial charge in [0.1, 0.15) is 0 Å². The van der Waals surface area contributed by atoms with E-state index in [2.05, 4.69) is 21.4 Å². The van der Waals surface area contributed by atoms with Crippen molar-refractivity contribution in [1.29, 1.82) is 0 Å². The van der Waals surface area contributed by atoms with E-state index in [0.717, 1.165) is 17.7 Å². The monoisotopic (exact) mass is 456 g/mol. The van der Waals surface area contributed by atoms with Crippen molar-refractivity contribution in [2.45, 2.75) is 19.9 Å². The fraction of sp³-hybridized carbons (Fsp3) is 0.333. The van der Waals surface area contributed by atoms with Crippen molar-refractivity contribution in [3.8, 4) is 11.5 Å². The summed E-state index contributed by atoms with van der Waals surface area (Å²) in [6.45, 7) is 3.16. The van der Waals surface area contributed by atoms with Crippen molar-refractivity contribution < 1.29 is 9.47 Å². The van der Waals surface area contributed by atoms with Crippen molar-refractivity contribution in [3.05, 3.63) is 53.3 Å². The third-order valence-corrected chi connectivity index (χ3v) is 3.57. The third-order valence-electron chi connectivity index (χ3n) is 3.57. The number of halogens is 1. The molecule has 0 radical (unpaired) electrons. The lowest BCUT2D eigenvalue weighted by molar-refractivity contribution is 0.354. The number of hydrogen-bond donors (Lipinski definition) is 2. The van der Waals surface area contributed by atoms with Gasteiger partial charge < -0.3 is 20.5 Å².